The van der Waals surface area contributed by atoms with Gasteiger partial charge in [-0.25, -0.2) is 4.98 Å². The average molecular weight is 275 g/mol. The van der Waals surface area contributed by atoms with Gasteiger partial charge < -0.3 is 11.1 Å². The second kappa shape index (κ2) is 5.95. The predicted molar refractivity (Wildman–Crippen MR) is 76.8 cm³/mol. The van der Waals surface area contributed by atoms with Crippen LogP contribution in [0.25, 0.3) is 0 Å². The number of thiazole rings is 1. The number of hydrogen-bond donors (Lipinski definition) is 2. The zero-order valence-corrected chi connectivity index (χ0v) is 11.8. The van der Waals surface area contributed by atoms with Crippen LogP contribution in [0.5, 0.6) is 0 Å². The monoisotopic (exact) mass is 275 g/mol. The van der Waals surface area contributed by atoms with Crippen molar-refractivity contribution in [2.24, 2.45) is 5.73 Å². The number of aryl methyl sites for hydroxylation is 2. The molecule has 2 aromatic rings. The molecule has 0 bridgehead atoms. The summed E-state index contributed by atoms with van der Waals surface area (Å²) in [6.45, 7) is 4.36. The van der Waals surface area contributed by atoms with Crippen LogP contribution in [0.2, 0.25) is 0 Å². The minimum Gasteiger partial charge on any atom is -0.349 e. The predicted octanol–water partition coefficient (Wildman–Crippen LogP) is 2.08. The van der Waals surface area contributed by atoms with Gasteiger partial charge in [-0.3, -0.25) is 4.79 Å². The van der Waals surface area contributed by atoms with Crippen LogP contribution in [0.4, 0.5) is 0 Å². The fourth-order valence-corrected chi connectivity index (χ4v) is 2.31. The van der Waals surface area contributed by atoms with Gasteiger partial charge in [0.2, 0.25) is 5.91 Å². The summed E-state index contributed by atoms with van der Waals surface area (Å²) in [6, 6.07) is 7.03. The van der Waals surface area contributed by atoms with E-state index >= 15 is 0 Å². The van der Waals surface area contributed by atoms with Crippen LogP contribution in [0.15, 0.2) is 29.6 Å². The first-order valence-electron chi connectivity index (χ1n) is 6.07. The quantitative estimate of drug-likeness (QED) is 0.897. The van der Waals surface area contributed by atoms with Crippen LogP contribution >= 0.6 is 11.3 Å². The van der Waals surface area contributed by atoms with Crippen molar-refractivity contribution in [3.05, 3.63) is 51.5 Å². The summed E-state index contributed by atoms with van der Waals surface area (Å²) in [5, 5.41) is 5.74. The van der Waals surface area contributed by atoms with Gasteiger partial charge in [0.1, 0.15) is 6.04 Å². The van der Waals surface area contributed by atoms with Crippen molar-refractivity contribution >= 4 is 17.2 Å². The van der Waals surface area contributed by atoms with Crippen molar-refractivity contribution in [1.29, 1.82) is 0 Å². The third-order valence-corrected chi connectivity index (χ3v) is 3.65. The molecule has 0 saturated carbocycles. The average Bonchev–Trinajstić information content (AvgIpc) is 2.82. The highest BCUT2D eigenvalue weighted by atomic mass is 32.1. The summed E-state index contributed by atoms with van der Waals surface area (Å²) in [6.07, 6.45) is 0. The fourth-order valence-electron chi connectivity index (χ4n) is 1.70. The van der Waals surface area contributed by atoms with Gasteiger partial charge in [0.05, 0.1) is 17.2 Å². The summed E-state index contributed by atoms with van der Waals surface area (Å²) >= 11 is 1.57. The molecule has 0 aliphatic heterocycles. The number of nitrogens with one attached hydrogen (secondary N) is 1. The molecule has 19 heavy (non-hydrogen) atoms. The Hall–Kier alpha value is -1.72. The summed E-state index contributed by atoms with van der Waals surface area (Å²) in [7, 11) is 0. The molecule has 1 unspecified atom stereocenters. The van der Waals surface area contributed by atoms with E-state index in [1.807, 2.05) is 43.5 Å². The van der Waals surface area contributed by atoms with Crippen molar-refractivity contribution < 1.29 is 4.79 Å². The number of nitrogens with two attached hydrogens (primary N) is 1. The second-order valence-corrected chi connectivity index (χ2v) is 5.53. The fraction of sp³-hybridized carbons (Fsp3) is 0.286. The highest BCUT2D eigenvalue weighted by Gasteiger charge is 2.15. The molecular formula is C14H17N3OS. The summed E-state index contributed by atoms with van der Waals surface area (Å²) in [5.41, 5.74) is 8.76. The van der Waals surface area contributed by atoms with E-state index in [4.69, 9.17) is 5.73 Å². The molecule has 0 radical (unpaired) electrons. The van der Waals surface area contributed by atoms with Crippen molar-refractivity contribution in [1.82, 2.24) is 10.3 Å². The molecule has 3 N–H and O–H groups in total. The maximum Gasteiger partial charge on any atom is 0.241 e. The molecule has 1 aromatic carbocycles. The third-order valence-electron chi connectivity index (χ3n) is 2.83. The lowest BCUT2D eigenvalue weighted by Crippen LogP contribution is -2.33. The largest absolute Gasteiger partial charge is 0.349 e. The third kappa shape index (κ3) is 3.62. The molecule has 1 aromatic heterocycles. The van der Waals surface area contributed by atoms with E-state index in [2.05, 4.69) is 10.3 Å². The highest BCUT2D eigenvalue weighted by molar-refractivity contribution is 7.09. The number of aromatic nitrogens is 1. The molecule has 1 atom stereocenters. The first-order chi connectivity index (χ1) is 9.06. The Morgan fingerprint density at radius 1 is 1.37 bits per heavy atom. The first kappa shape index (κ1) is 13.7. The van der Waals surface area contributed by atoms with E-state index < -0.39 is 6.04 Å². The summed E-state index contributed by atoms with van der Waals surface area (Å²) < 4.78 is 0. The molecular weight excluding hydrogens is 258 g/mol. The van der Waals surface area contributed by atoms with Crippen LogP contribution in [0, 0.1) is 13.8 Å². The smallest absolute Gasteiger partial charge is 0.241 e. The molecule has 0 aliphatic rings. The van der Waals surface area contributed by atoms with Crippen molar-refractivity contribution in [3.8, 4) is 0 Å². The highest BCUT2D eigenvalue weighted by Crippen LogP contribution is 2.12. The molecule has 2 rings (SSSR count). The van der Waals surface area contributed by atoms with E-state index in [-0.39, 0.29) is 5.91 Å². The number of hydrogen-bond acceptors (Lipinski definition) is 4. The standard InChI is InChI=1S/C14H17N3OS/c1-9-3-5-11(6-4-9)13(15)14(18)16-7-12-8-19-10(2)17-12/h3-6,8,13H,7,15H2,1-2H3,(H,16,18). The number of nitrogens with zero attached hydrogens (tertiary/aromatic N) is 1. The Morgan fingerprint density at radius 3 is 2.63 bits per heavy atom. The molecule has 0 spiro atoms. The lowest BCUT2D eigenvalue weighted by atomic mass is 10.1. The number of carbonyl (C=O) groups excluding carboxylic acids is 1. The van der Waals surface area contributed by atoms with Crippen LogP contribution in [-0.2, 0) is 11.3 Å². The lowest BCUT2D eigenvalue weighted by Gasteiger charge is -2.12. The van der Waals surface area contributed by atoms with Gasteiger partial charge in [-0.2, -0.15) is 0 Å². The molecule has 0 saturated heterocycles. The first-order valence-corrected chi connectivity index (χ1v) is 6.95. The van der Waals surface area contributed by atoms with Gasteiger partial charge in [0.15, 0.2) is 0 Å². The van der Waals surface area contributed by atoms with E-state index in [0.717, 1.165) is 21.8 Å². The zero-order valence-electron chi connectivity index (χ0n) is 11.0. The molecule has 0 fully saturated rings. The Kier molecular flexibility index (Phi) is 4.29. The van der Waals surface area contributed by atoms with Crippen LogP contribution < -0.4 is 11.1 Å². The Balaban J connectivity index is 1.94. The number of benzene rings is 1. The molecule has 4 nitrogen and oxygen atoms in total. The summed E-state index contributed by atoms with van der Waals surface area (Å²) in [4.78, 5) is 16.2. The van der Waals surface area contributed by atoms with Gasteiger partial charge in [0.25, 0.3) is 0 Å². The molecule has 1 heterocycles. The van der Waals surface area contributed by atoms with Crippen molar-refractivity contribution in [2.45, 2.75) is 26.4 Å². The normalized spacial score (nSPS) is 12.2. The van der Waals surface area contributed by atoms with E-state index in [0.29, 0.717) is 6.54 Å². The lowest BCUT2D eigenvalue weighted by molar-refractivity contribution is -0.122. The van der Waals surface area contributed by atoms with Crippen molar-refractivity contribution in [2.75, 3.05) is 0 Å². The molecule has 5 heteroatoms. The van der Waals surface area contributed by atoms with E-state index in [9.17, 15) is 4.79 Å². The van der Waals surface area contributed by atoms with Crippen LogP contribution in [0.3, 0.4) is 0 Å². The van der Waals surface area contributed by atoms with Crippen LogP contribution in [-0.4, -0.2) is 10.9 Å². The number of amides is 1. The molecule has 1 amide bonds. The minimum atomic E-state index is -0.639. The Morgan fingerprint density at radius 2 is 2.05 bits per heavy atom. The van der Waals surface area contributed by atoms with Crippen LogP contribution in [0.1, 0.15) is 27.9 Å². The maximum absolute atomic E-state index is 11.9. The van der Waals surface area contributed by atoms with Crippen molar-refractivity contribution in [3.63, 3.8) is 0 Å². The molecule has 100 valence electrons. The topological polar surface area (TPSA) is 68.0 Å². The Labute approximate surface area is 116 Å². The van der Waals surface area contributed by atoms with Gasteiger partial charge in [-0.1, -0.05) is 29.8 Å². The minimum absolute atomic E-state index is 0.186. The maximum atomic E-state index is 11.9. The van der Waals surface area contributed by atoms with Gasteiger partial charge in [-0.15, -0.1) is 11.3 Å². The van der Waals surface area contributed by atoms with Gasteiger partial charge in [0, 0.05) is 5.38 Å². The molecule has 0 aliphatic carbocycles. The number of rotatable bonds is 4. The van der Waals surface area contributed by atoms with Gasteiger partial charge in [-0.05, 0) is 19.4 Å². The summed E-state index contributed by atoms with van der Waals surface area (Å²) in [5.74, 6) is -0.186. The van der Waals surface area contributed by atoms with E-state index in [1.54, 1.807) is 11.3 Å². The zero-order chi connectivity index (χ0) is 13.8. The van der Waals surface area contributed by atoms with E-state index in [1.165, 1.54) is 0 Å². The Bertz CT molecular complexity index is 562. The number of carbonyl (C=O) groups is 1. The van der Waals surface area contributed by atoms with Gasteiger partial charge >= 0.3 is 0 Å². The second-order valence-electron chi connectivity index (χ2n) is 4.46. The SMILES string of the molecule is Cc1ccc(C(N)C(=O)NCc2csc(C)n2)cc1.